The van der Waals surface area contributed by atoms with Crippen molar-refractivity contribution in [2.24, 2.45) is 0 Å². The van der Waals surface area contributed by atoms with Crippen molar-refractivity contribution >= 4 is 28.5 Å². The second-order valence-corrected chi connectivity index (χ2v) is 7.21. The topological polar surface area (TPSA) is 102 Å². The molecule has 3 heterocycles. The van der Waals surface area contributed by atoms with Crippen LogP contribution in [-0.4, -0.2) is 15.0 Å². The van der Waals surface area contributed by atoms with E-state index in [4.69, 9.17) is 15.4 Å². The number of fused-ring (bicyclic) bond motifs is 1. The molecule has 0 amide bonds. The van der Waals surface area contributed by atoms with Gasteiger partial charge in [-0.2, -0.15) is 5.26 Å². The number of anilines is 1. The molecule has 1 saturated carbocycles. The van der Waals surface area contributed by atoms with Gasteiger partial charge in [0.25, 0.3) is 0 Å². The van der Waals surface area contributed by atoms with Gasteiger partial charge >= 0.3 is 0 Å². The van der Waals surface area contributed by atoms with Gasteiger partial charge in [-0.05, 0) is 31.7 Å². The first-order valence-corrected chi connectivity index (χ1v) is 8.60. The second kappa shape index (κ2) is 5.80. The van der Waals surface area contributed by atoms with E-state index in [0.717, 1.165) is 16.7 Å². The quantitative estimate of drug-likeness (QED) is 0.570. The first-order chi connectivity index (χ1) is 11.6. The molecule has 0 bridgehead atoms. The third-order valence-electron chi connectivity index (χ3n) is 4.07. The Kier molecular flexibility index (Phi) is 3.62. The number of nitrogens with two attached hydrogens (primary N) is 1. The largest absolute Gasteiger partial charge is 0.462 e. The van der Waals surface area contributed by atoms with Crippen LogP contribution in [0.3, 0.4) is 0 Å². The highest BCUT2D eigenvalue weighted by atomic mass is 32.2. The van der Waals surface area contributed by atoms with Crippen LogP contribution in [0.25, 0.3) is 11.0 Å². The summed E-state index contributed by atoms with van der Waals surface area (Å²) < 4.78 is 5.60. The first kappa shape index (κ1) is 15.0. The fraction of sp³-hybridized carbons (Fsp3) is 0.294. The van der Waals surface area contributed by atoms with E-state index in [1.807, 2.05) is 19.3 Å². The molecule has 6 nitrogen and oxygen atoms in total. The van der Waals surface area contributed by atoms with Gasteiger partial charge in [0.1, 0.15) is 17.6 Å². The molecule has 120 valence electrons. The van der Waals surface area contributed by atoms with Crippen molar-refractivity contribution in [1.82, 2.24) is 15.0 Å². The van der Waals surface area contributed by atoms with Gasteiger partial charge < -0.3 is 10.2 Å². The third-order valence-corrected chi connectivity index (χ3v) is 5.06. The van der Waals surface area contributed by atoms with Crippen LogP contribution in [0.2, 0.25) is 0 Å². The molecule has 1 aliphatic rings. The molecule has 1 fully saturated rings. The zero-order valence-corrected chi connectivity index (χ0v) is 13.9. The highest BCUT2D eigenvalue weighted by molar-refractivity contribution is 7.99. The molecule has 0 aromatic carbocycles. The SMILES string of the molecule is CC(Sc1nc(N)cc(C#N)n1)c1cc2c(C3CC3)coc2cn1. The lowest BCUT2D eigenvalue weighted by Gasteiger charge is -2.10. The molecular weight excluding hydrogens is 322 g/mol. The summed E-state index contributed by atoms with van der Waals surface area (Å²) in [6.07, 6.45) is 6.08. The van der Waals surface area contributed by atoms with Crippen LogP contribution in [0, 0.1) is 11.3 Å². The minimum Gasteiger partial charge on any atom is -0.462 e. The predicted octanol–water partition coefficient (Wildman–Crippen LogP) is 3.80. The molecule has 2 N–H and O–H groups in total. The minimum absolute atomic E-state index is 0.0321. The van der Waals surface area contributed by atoms with Crippen LogP contribution in [0.5, 0.6) is 0 Å². The number of nitrogens with zero attached hydrogens (tertiary/aromatic N) is 4. The van der Waals surface area contributed by atoms with Crippen LogP contribution < -0.4 is 5.73 Å². The Labute approximate surface area is 143 Å². The summed E-state index contributed by atoms with van der Waals surface area (Å²) in [7, 11) is 0. The van der Waals surface area contributed by atoms with Gasteiger partial charge in [0.05, 0.1) is 23.4 Å². The highest BCUT2D eigenvalue weighted by Gasteiger charge is 2.27. The van der Waals surface area contributed by atoms with Crippen LogP contribution in [0.1, 0.15) is 47.9 Å². The lowest BCUT2D eigenvalue weighted by atomic mass is 10.1. The number of nitriles is 1. The number of aromatic nitrogens is 3. The van der Waals surface area contributed by atoms with Gasteiger partial charge in [-0.15, -0.1) is 0 Å². The van der Waals surface area contributed by atoms with Crippen molar-refractivity contribution in [3.63, 3.8) is 0 Å². The van der Waals surface area contributed by atoms with Crippen molar-refractivity contribution in [1.29, 1.82) is 5.26 Å². The Bertz CT molecular complexity index is 957. The maximum absolute atomic E-state index is 8.99. The van der Waals surface area contributed by atoms with E-state index >= 15 is 0 Å². The maximum Gasteiger partial charge on any atom is 0.191 e. The summed E-state index contributed by atoms with van der Waals surface area (Å²) in [6, 6.07) is 5.55. The van der Waals surface area contributed by atoms with Crippen molar-refractivity contribution in [3.05, 3.63) is 41.5 Å². The van der Waals surface area contributed by atoms with E-state index in [1.54, 1.807) is 6.20 Å². The van der Waals surface area contributed by atoms with Gasteiger partial charge in [-0.1, -0.05) is 11.8 Å². The zero-order valence-electron chi connectivity index (χ0n) is 13.1. The fourth-order valence-electron chi connectivity index (χ4n) is 2.67. The van der Waals surface area contributed by atoms with Crippen molar-refractivity contribution in [3.8, 4) is 6.07 Å². The number of pyridine rings is 1. The number of hydrogen-bond donors (Lipinski definition) is 1. The number of hydrogen-bond acceptors (Lipinski definition) is 7. The van der Waals surface area contributed by atoms with Crippen molar-refractivity contribution < 1.29 is 4.42 Å². The molecule has 0 aliphatic heterocycles. The number of nitrogen functional groups attached to an aromatic ring is 1. The summed E-state index contributed by atoms with van der Waals surface area (Å²) in [5.41, 5.74) is 9.03. The molecule has 3 aromatic heterocycles. The van der Waals surface area contributed by atoms with E-state index < -0.39 is 0 Å². The van der Waals surface area contributed by atoms with E-state index in [9.17, 15) is 0 Å². The first-order valence-electron chi connectivity index (χ1n) is 7.72. The fourth-order valence-corrected chi connectivity index (χ4v) is 3.55. The second-order valence-electron chi connectivity index (χ2n) is 5.90. The van der Waals surface area contributed by atoms with Crippen molar-refractivity contribution in [2.75, 3.05) is 5.73 Å². The Hall–Kier alpha value is -2.59. The standard InChI is InChI=1S/C17H15N5OS/c1-9(24-17-21-11(6-18)4-16(19)22-17)14-5-12-13(10-2-3-10)8-23-15(12)7-20-14/h4-5,7-10H,2-3H2,1H3,(H2,19,21,22). The summed E-state index contributed by atoms with van der Waals surface area (Å²) in [5, 5.41) is 10.6. The summed E-state index contributed by atoms with van der Waals surface area (Å²) in [5.74, 6) is 0.922. The third kappa shape index (κ3) is 2.81. The lowest BCUT2D eigenvalue weighted by molar-refractivity contribution is 0.609. The molecule has 1 aliphatic carbocycles. The molecule has 3 aromatic rings. The molecule has 1 atom stereocenters. The molecular formula is C17H15N5OS. The summed E-state index contributed by atoms with van der Waals surface area (Å²) in [6.45, 7) is 2.04. The number of furan rings is 1. The number of thioether (sulfide) groups is 1. The molecule has 0 saturated heterocycles. The van der Waals surface area contributed by atoms with Crippen LogP contribution in [-0.2, 0) is 0 Å². The molecule has 1 unspecified atom stereocenters. The van der Waals surface area contributed by atoms with Gasteiger partial charge in [0.2, 0.25) is 0 Å². The Morgan fingerprint density at radius 3 is 2.96 bits per heavy atom. The molecule has 7 heteroatoms. The van der Waals surface area contributed by atoms with Crippen LogP contribution >= 0.6 is 11.8 Å². The lowest BCUT2D eigenvalue weighted by Crippen LogP contribution is -1.99. The van der Waals surface area contributed by atoms with E-state index in [-0.39, 0.29) is 10.9 Å². The summed E-state index contributed by atoms with van der Waals surface area (Å²) >= 11 is 1.43. The Morgan fingerprint density at radius 2 is 2.21 bits per heavy atom. The molecule has 4 rings (SSSR count). The average Bonchev–Trinajstić information content (AvgIpc) is 3.33. The Balaban J connectivity index is 1.63. The highest BCUT2D eigenvalue weighted by Crippen LogP contribution is 2.44. The van der Waals surface area contributed by atoms with Gasteiger partial charge in [-0.3, -0.25) is 4.98 Å². The summed E-state index contributed by atoms with van der Waals surface area (Å²) in [4.78, 5) is 12.9. The number of rotatable bonds is 4. The molecule has 24 heavy (non-hydrogen) atoms. The van der Waals surface area contributed by atoms with E-state index in [2.05, 4.69) is 21.0 Å². The van der Waals surface area contributed by atoms with Gasteiger partial charge in [-0.25, -0.2) is 9.97 Å². The smallest absolute Gasteiger partial charge is 0.191 e. The monoisotopic (exact) mass is 337 g/mol. The Morgan fingerprint density at radius 1 is 1.38 bits per heavy atom. The van der Waals surface area contributed by atoms with Gasteiger partial charge in [0.15, 0.2) is 10.7 Å². The molecule has 0 radical (unpaired) electrons. The van der Waals surface area contributed by atoms with Crippen molar-refractivity contribution in [2.45, 2.75) is 36.1 Å². The average molecular weight is 337 g/mol. The maximum atomic E-state index is 8.99. The van der Waals surface area contributed by atoms with Gasteiger partial charge in [0, 0.05) is 17.0 Å². The molecule has 0 spiro atoms. The zero-order chi connectivity index (χ0) is 16.7. The normalized spacial score (nSPS) is 15.3. The van der Waals surface area contributed by atoms with Crippen LogP contribution in [0.4, 0.5) is 5.82 Å². The minimum atomic E-state index is 0.0321. The predicted molar refractivity (Wildman–Crippen MR) is 91.4 cm³/mol. The van der Waals surface area contributed by atoms with E-state index in [0.29, 0.717) is 16.9 Å². The van der Waals surface area contributed by atoms with E-state index in [1.165, 1.54) is 36.2 Å². The van der Waals surface area contributed by atoms with Crippen LogP contribution in [0.15, 0.2) is 34.2 Å².